The third kappa shape index (κ3) is 37.9. The van der Waals surface area contributed by atoms with Gasteiger partial charge in [-0.05, 0) is 213 Å². The SMILES string of the molecule is C=CC(=O)OCC(C)OC(=O)CCC1(C)CC(NC(=O)OCCC[Si](C)(C)O[Si](C)(C)CCCOC(=O)NC2CC(C)(C)CC(C)(CCC(=O)OCCCCCOC(=O)OCCCCCOC(=O)CCC3(C)CC(NC(=O)OC(C)COC(=O)C=C)CC(C)(C)C3)C2)CC(C)(C)C1. The van der Waals surface area contributed by atoms with Crippen molar-refractivity contribution in [2.75, 3.05) is 52.9 Å². The Morgan fingerprint density at radius 3 is 1.09 bits per heavy atom. The van der Waals surface area contributed by atoms with Gasteiger partial charge in [0.05, 0.1) is 39.6 Å². The van der Waals surface area contributed by atoms with Gasteiger partial charge in [0.2, 0.25) is 0 Å². The molecule has 25 heteroatoms. The molecule has 3 saturated carbocycles. The molecule has 3 rings (SSSR count). The number of carbonyl (C=O) groups is 9. The molecule has 0 aromatic heterocycles. The number of ether oxygens (including phenoxy) is 10. The number of nitrogens with one attached hydrogen (secondary N) is 3. The van der Waals surface area contributed by atoms with Gasteiger partial charge in [0.25, 0.3) is 0 Å². The third-order valence-electron chi connectivity index (χ3n) is 18.4. The van der Waals surface area contributed by atoms with Gasteiger partial charge in [-0.2, -0.15) is 0 Å². The van der Waals surface area contributed by atoms with Crippen LogP contribution in [0.2, 0.25) is 38.3 Å². The Balaban J connectivity index is 1.22. The largest absolute Gasteiger partial charge is 0.508 e. The Morgan fingerprint density at radius 1 is 0.412 bits per heavy atom. The molecule has 8 unspecified atom stereocenters. The molecular weight excluding hydrogens is 1280 g/mol. The predicted molar refractivity (Wildman–Crippen MR) is 374 cm³/mol. The maximum Gasteiger partial charge on any atom is 0.508 e. The first-order chi connectivity index (χ1) is 45.1. The lowest BCUT2D eigenvalue weighted by atomic mass is 9.61. The molecule has 23 nitrogen and oxygen atoms in total. The van der Waals surface area contributed by atoms with Crippen LogP contribution in [0.15, 0.2) is 25.3 Å². The Bertz CT molecular complexity index is 2560. The monoisotopic (exact) mass is 1410 g/mol. The lowest BCUT2D eigenvalue weighted by molar-refractivity contribution is -0.156. The van der Waals surface area contributed by atoms with Crippen LogP contribution in [-0.2, 0) is 75.5 Å². The highest BCUT2D eigenvalue weighted by molar-refractivity contribution is 6.84. The standard InChI is InChI=1S/C72H125N3O20Si2/c1-18-58(76)91-48-53(3)93-62(80)30-33-72(13)46-56(43-68(7,8)52-72)74-64(82)88-39-27-41-97(16,17)95-96(14,15)40-26-38-87-63(81)73-55-42-67(5,6)50-70(11,45-55)31-28-60(78)85-34-22-20-24-36-89-66(84)90-37-25-21-23-35-86-61(79)29-32-71(12)47-57(44-69(9,10)51-71)75-65(83)94-54(4)49-92-59(77)19-2/h18-19,53-57H,1-2,20-52H2,3-17H3,(H,73,81)(H,74,82)(H,75,83). The average Bonchev–Trinajstić information content (AvgIpc) is 0.814. The van der Waals surface area contributed by atoms with E-state index in [4.69, 9.17) is 51.5 Å². The summed E-state index contributed by atoms with van der Waals surface area (Å²) in [5, 5.41) is 9.19. The van der Waals surface area contributed by atoms with E-state index in [9.17, 15) is 43.2 Å². The molecule has 0 radical (unpaired) electrons. The molecule has 97 heavy (non-hydrogen) atoms. The van der Waals surface area contributed by atoms with Gasteiger partial charge in [-0.1, -0.05) is 75.5 Å². The van der Waals surface area contributed by atoms with Crippen LogP contribution >= 0.6 is 0 Å². The molecule has 0 heterocycles. The fourth-order valence-corrected chi connectivity index (χ4v) is 24.3. The molecule has 3 aliphatic carbocycles. The highest BCUT2D eigenvalue weighted by Crippen LogP contribution is 2.51. The van der Waals surface area contributed by atoms with Gasteiger partial charge in [-0.25, -0.2) is 28.8 Å². The van der Waals surface area contributed by atoms with Gasteiger partial charge in [0.1, 0.15) is 25.4 Å². The van der Waals surface area contributed by atoms with Crippen molar-refractivity contribution in [2.24, 2.45) is 32.5 Å². The average molecular weight is 1410 g/mol. The minimum Gasteiger partial charge on any atom is -0.466 e. The van der Waals surface area contributed by atoms with E-state index in [-0.39, 0.29) is 141 Å². The van der Waals surface area contributed by atoms with Crippen LogP contribution in [0.3, 0.4) is 0 Å². The number of hydrogen-bond donors (Lipinski definition) is 3. The van der Waals surface area contributed by atoms with Crippen molar-refractivity contribution >= 4 is 70.9 Å². The summed E-state index contributed by atoms with van der Waals surface area (Å²) in [6, 6.07) is 1.28. The smallest absolute Gasteiger partial charge is 0.466 e. The highest BCUT2D eigenvalue weighted by atomic mass is 28.4. The summed E-state index contributed by atoms with van der Waals surface area (Å²) in [5.41, 5.74) is -0.804. The molecule has 0 aromatic rings. The first-order valence-electron chi connectivity index (χ1n) is 35.6. The van der Waals surface area contributed by atoms with Gasteiger partial charge in [0.15, 0.2) is 16.6 Å². The molecule has 0 spiro atoms. The Labute approximate surface area is 582 Å². The Kier molecular flexibility index (Phi) is 35.7. The predicted octanol–water partition coefficient (Wildman–Crippen LogP) is 14.8. The van der Waals surface area contributed by atoms with Crippen molar-refractivity contribution in [2.45, 2.75) is 292 Å². The zero-order valence-corrected chi connectivity index (χ0v) is 64.0. The van der Waals surface area contributed by atoms with E-state index in [0.717, 1.165) is 69.2 Å². The number of rotatable bonds is 42. The van der Waals surface area contributed by atoms with E-state index in [1.807, 2.05) is 0 Å². The molecule has 0 bridgehead atoms. The van der Waals surface area contributed by atoms with Crippen molar-refractivity contribution in [3.63, 3.8) is 0 Å². The maximum atomic E-state index is 13.1. The van der Waals surface area contributed by atoms with Gasteiger partial charge in [-0.3, -0.25) is 14.4 Å². The number of unbranched alkanes of at least 4 members (excludes halogenated alkanes) is 4. The van der Waals surface area contributed by atoms with Crippen LogP contribution in [-0.4, -0.2) is 154 Å². The summed E-state index contributed by atoms with van der Waals surface area (Å²) in [6.45, 7) is 39.6. The van der Waals surface area contributed by atoms with Crippen LogP contribution in [0.5, 0.6) is 0 Å². The second-order valence-electron chi connectivity index (χ2n) is 32.5. The quantitative estimate of drug-likeness (QED) is 0.0168. The van der Waals surface area contributed by atoms with Crippen molar-refractivity contribution in [3.05, 3.63) is 25.3 Å². The molecule has 0 aromatic carbocycles. The molecule has 8 atom stereocenters. The molecule has 3 aliphatic rings. The van der Waals surface area contributed by atoms with Gasteiger partial charge in [-0.15, -0.1) is 0 Å². The lowest BCUT2D eigenvalue weighted by Gasteiger charge is -2.46. The molecule has 0 aliphatic heterocycles. The number of esters is 5. The van der Waals surface area contributed by atoms with E-state index in [1.165, 1.54) is 0 Å². The van der Waals surface area contributed by atoms with E-state index >= 15 is 0 Å². The summed E-state index contributed by atoms with van der Waals surface area (Å²) >= 11 is 0. The van der Waals surface area contributed by atoms with E-state index in [2.05, 4.69) is 118 Å². The minimum atomic E-state index is -2.12. The molecular formula is C72H125N3O20Si2. The number of carbonyl (C=O) groups excluding carboxylic acids is 9. The number of hydrogen-bond acceptors (Lipinski definition) is 20. The number of amides is 3. The van der Waals surface area contributed by atoms with Crippen LogP contribution in [0.4, 0.5) is 19.2 Å². The fraction of sp³-hybridized carbons (Fsp3) is 0.819. The normalized spacial score (nSPS) is 23.3. The fourth-order valence-electron chi connectivity index (χ4n) is 15.5. The van der Waals surface area contributed by atoms with Crippen LogP contribution in [0, 0.1) is 32.5 Å². The van der Waals surface area contributed by atoms with Crippen LogP contribution in [0.25, 0.3) is 0 Å². The summed E-state index contributed by atoms with van der Waals surface area (Å²) in [6.07, 6.45) is 13.6. The van der Waals surface area contributed by atoms with Gasteiger partial charge >= 0.3 is 54.3 Å². The Hall–Kier alpha value is -5.70. The summed E-state index contributed by atoms with van der Waals surface area (Å²) in [7, 11) is -4.24. The van der Waals surface area contributed by atoms with Gasteiger partial charge < -0.3 is 67.4 Å². The molecule has 3 amide bonds. The highest BCUT2D eigenvalue weighted by Gasteiger charge is 2.45. The Morgan fingerprint density at radius 2 is 0.732 bits per heavy atom. The molecule has 556 valence electrons. The maximum absolute atomic E-state index is 13.1. The topological polar surface area (TPSA) is 291 Å². The minimum absolute atomic E-state index is 0.0396. The van der Waals surface area contributed by atoms with E-state index in [0.29, 0.717) is 83.5 Å². The van der Waals surface area contributed by atoms with Crippen molar-refractivity contribution in [1.29, 1.82) is 0 Å². The van der Waals surface area contributed by atoms with Crippen LogP contribution in [0.1, 0.15) is 224 Å². The third-order valence-corrected chi connectivity index (χ3v) is 25.9. The lowest BCUT2D eigenvalue weighted by Crippen LogP contribution is -2.47. The van der Waals surface area contributed by atoms with Crippen molar-refractivity contribution < 1.29 is 94.6 Å². The first-order valence-corrected chi connectivity index (χ1v) is 41.8. The summed E-state index contributed by atoms with van der Waals surface area (Å²) in [4.78, 5) is 112. The van der Waals surface area contributed by atoms with E-state index < -0.39 is 65.2 Å². The molecule has 3 N–H and O–H groups in total. The molecule has 3 fully saturated rings. The molecule has 0 saturated heterocycles. The second-order valence-corrected chi connectivity index (χ2v) is 41.4. The van der Waals surface area contributed by atoms with Crippen molar-refractivity contribution in [1.82, 2.24) is 16.0 Å². The van der Waals surface area contributed by atoms with Gasteiger partial charge in [0, 0.05) is 49.5 Å². The second kappa shape index (κ2) is 40.5. The first kappa shape index (κ1) is 85.5. The number of alkyl carbamates (subject to hydrolysis) is 3. The summed E-state index contributed by atoms with van der Waals surface area (Å²) < 4.78 is 60.5. The zero-order chi connectivity index (χ0) is 72.7. The van der Waals surface area contributed by atoms with E-state index in [1.54, 1.807) is 13.8 Å². The van der Waals surface area contributed by atoms with Crippen LogP contribution < -0.4 is 16.0 Å². The van der Waals surface area contributed by atoms with Crippen molar-refractivity contribution in [3.8, 4) is 0 Å². The summed E-state index contributed by atoms with van der Waals surface area (Å²) in [5.74, 6) is -2.06. The zero-order valence-electron chi connectivity index (χ0n) is 62.0.